The fourth-order valence-corrected chi connectivity index (χ4v) is 3.89. The van der Waals surface area contributed by atoms with Crippen LogP contribution >= 0.6 is 0 Å². The summed E-state index contributed by atoms with van der Waals surface area (Å²) in [4.78, 5) is 0. The Bertz CT molecular complexity index is 402. The lowest BCUT2D eigenvalue weighted by Crippen LogP contribution is -2.33. The largest absolute Gasteiger partial charge is 0.323 e. The van der Waals surface area contributed by atoms with Crippen LogP contribution in [-0.4, -0.2) is 0 Å². The lowest BCUT2D eigenvalue weighted by molar-refractivity contribution is 0.183. The van der Waals surface area contributed by atoms with Gasteiger partial charge >= 0.3 is 0 Å². The molecule has 0 saturated heterocycles. The molecule has 1 nitrogen and oxygen atoms in total. The third-order valence-corrected chi connectivity index (χ3v) is 4.79. The van der Waals surface area contributed by atoms with E-state index in [1.807, 2.05) is 0 Å². The monoisotopic (exact) mass is 259 g/mol. The highest BCUT2D eigenvalue weighted by atomic mass is 14.7. The quantitative estimate of drug-likeness (QED) is 0.803. The first kappa shape index (κ1) is 14.6. The highest BCUT2D eigenvalue weighted by molar-refractivity contribution is 5.27. The smallest absolute Gasteiger partial charge is 0.0352 e. The zero-order valence-corrected chi connectivity index (χ0v) is 12.8. The van der Waals surface area contributed by atoms with Gasteiger partial charge in [-0.25, -0.2) is 0 Å². The van der Waals surface area contributed by atoms with Crippen LogP contribution in [0, 0.1) is 11.3 Å². The van der Waals surface area contributed by atoms with Gasteiger partial charge in [-0.2, -0.15) is 0 Å². The van der Waals surface area contributed by atoms with E-state index in [-0.39, 0.29) is 6.04 Å². The predicted octanol–water partition coefficient (Wildman–Crippen LogP) is 4.86. The molecule has 1 fully saturated rings. The first-order valence-corrected chi connectivity index (χ1v) is 7.92. The molecule has 1 aromatic rings. The van der Waals surface area contributed by atoms with E-state index in [9.17, 15) is 0 Å². The van der Waals surface area contributed by atoms with Crippen LogP contribution in [0.3, 0.4) is 0 Å². The van der Waals surface area contributed by atoms with Crippen LogP contribution in [0.1, 0.15) is 70.0 Å². The van der Waals surface area contributed by atoms with E-state index in [4.69, 9.17) is 5.73 Å². The van der Waals surface area contributed by atoms with Gasteiger partial charge in [0.2, 0.25) is 0 Å². The first-order valence-electron chi connectivity index (χ1n) is 7.92. The van der Waals surface area contributed by atoms with Gasteiger partial charge in [0.15, 0.2) is 0 Å². The average Bonchev–Trinajstić information content (AvgIpc) is 2.86. The van der Waals surface area contributed by atoms with E-state index < -0.39 is 0 Å². The van der Waals surface area contributed by atoms with Crippen LogP contribution in [0.4, 0.5) is 0 Å². The van der Waals surface area contributed by atoms with Gasteiger partial charge in [-0.3, -0.25) is 0 Å². The van der Waals surface area contributed by atoms with Crippen LogP contribution in [0.2, 0.25) is 0 Å². The molecule has 1 saturated carbocycles. The molecule has 1 aliphatic carbocycles. The Hall–Kier alpha value is -0.820. The molecule has 1 atom stereocenters. The Kier molecular flexibility index (Phi) is 4.67. The zero-order chi connectivity index (χ0) is 13.9. The average molecular weight is 259 g/mol. The SMILES string of the molecule is CCc1cccc(C(N)C2(CC(C)C)CCCC2)c1. The van der Waals surface area contributed by atoms with Gasteiger partial charge in [-0.1, -0.05) is 57.9 Å². The molecule has 0 aromatic heterocycles. The fraction of sp³-hybridized carbons (Fsp3) is 0.667. The molecule has 0 aliphatic heterocycles. The summed E-state index contributed by atoms with van der Waals surface area (Å²) in [6, 6.07) is 9.14. The molecule has 1 unspecified atom stereocenters. The van der Waals surface area contributed by atoms with Crippen LogP contribution in [0.15, 0.2) is 24.3 Å². The van der Waals surface area contributed by atoms with Crippen LogP contribution < -0.4 is 5.73 Å². The maximum Gasteiger partial charge on any atom is 0.0352 e. The molecular weight excluding hydrogens is 230 g/mol. The maximum absolute atomic E-state index is 6.71. The molecule has 19 heavy (non-hydrogen) atoms. The molecule has 1 aromatic carbocycles. The Morgan fingerprint density at radius 3 is 2.47 bits per heavy atom. The van der Waals surface area contributed by atoms with Crippen LogP contribution in [0.25, 0.3) is 0 Å². The topological polar surface area (TPSA) is 26.0 Å². The summed E-state index contributed by atoms with van der Waals surface area (Å²) in [6.45, 7) is 6.87. The standard InChI is InChI=1S/C18H29N/c1-4-15-8-7-9-16(12-15)17(19)18(13-14(2)3)10-5-6-11-18/h7-9,12,14,17H,4-6,10-11,13,19H2,1-3H3. The van der Waals surface area contributed by atoms with Gasteiger partial charge in [-0.15, -0.1) is 0 Å². The second-order valence-electron chi connectivity index (χ2n) is 6.74. The van der Waals surface area contributed by atoms with Gasteiger partial charge in [0.05, 0.1) is 0 Å². The number of hydrogen-bond acceptors (Lipinski definition) is 1. The van der Waals surface area contributed by atoms with Gasteiger partial charge in [0.25, 0.3) is 0 Å². The second kappa shape index (κ2) is 6.09. The summed E-state index contributed by atoms with van der Waals surface area (Å²) < 4.78 is 0. The van der Waals surface area contributed by atoms with E-state index in [2.05, 4.69) is 45.0 Å². The third-order valence-electron chi connectivity index (χ3n) is 4.79. The van der Waals surface area contributed by atoms with Crippen molar-refractivity contribution < 1.29 is 0 Å². The summed E-state index contributed by atoms with van der Waals surface area (Å²) in [6.07, 6.45) is 7.69. The number of aryl methyl sites for hydroxylation is 1. The van der Waals surface area contributed by atoms with Crippen LogP contribution in [-0.2, 0) is 6.42 Å². The van der Waals surface area contributed by atoms with Crippen molar-refractivity contribution in [2.45, 2.75) is 65.3 Å². The van der Waals surface area contributed by atoms with Crippen molar-refractivity contribution in [2.24, 2.45) is 17.1 Å². The molecule has 2 rings (SSSR count). The van der Waals surface area contributed by atoms with Crippen molar-refractivity contribution in [3.8, 4) is 0 Å². The van der Waals surface area contributed by atoms with E-state index in [1.165, 1.54) is 43.2 Å². The number of benzene rings is 1. The second-order valence-corrected chi connectivity index (χ2v) is 6.74. The summed E-state index contributed by atoms with van der Waals surface area (Å²) in [5, 5.41) is 0. The molecule has 1 heteroatoms. The molecule has 0 amide bonds. The highest BCUT2D eigenvalue weighted by Crippen LogP contribution is 2.50. The highest BCUT2D eigenvalue weighted by Gasteiger charge is 2.40. The Balaban J connectivity index is 2.25. The maximum atomic E-state index is 6.71. The lowest BCUT2D eigenvalue weighted by atomic mass is 9.70. The predicted molar refractivity (Wildman–Crippen MR) is 83.1 cm³/mol. The van der Waals surface area contributed by atoms with Crippen molar-refractivity contribution in [3.63, 3.8) is 0 Å². The molecule has 1 aliphatic rings. The minimum absolute atomic E-state index is 0.212. The normalized spacial score (nSPS) is 19.8. The molecule has 2 N–H and O–H groups in total. The van der Waals surface area contributed by atoms with Crippen LogP contribution in [0.5, 0.6) is 0 Å². The Morgan fingerprint density at radius 2 is 1.89 bits per heavy atom. The molecule has 0 bridgehead atoms. The van der Waals surface area contributed by atoms with Crippen molar-refractivity contribution in [1.82, 2.24) is 0 Å². The van der Waals surface area contributed by atoms with Crippen molar-refractivity contribution >= 4 is 0 Å². The Labute approximate surface area is 118 Å². The molecule has 106 valence electrons. The first-order chi connectivity index (χ1) is 9.07. The van der Waals surface area contributed by atoms with E-state index >= 15 is 0 Å². The number of rotatable bonds is 5. The van der Waals surface area contributed by atoms with Crippen molar-refractivity contribution in [3.05, 3.63) is 35.4 Å². The zero-order valence-electron chi connectivity index (χ0n) is 12.8. The van der Waals surface area contributed by atoms with Crippen molar-refractivity contribution in [1.29, 1.82) is 0 Å². The number of hydrogen-bond donors (Lipinski definition) is 1. The van der Waals surface area contributed by atoms with Gasteiger partial charge in [-0.05, 0) is 48.1 Å². The molecule has 0 heterocycles. The van der Waals surface area contributed by atoms with E-state index in [0.717, 1.165) is 12.3 Å². The Morgan fingerprint density at radius 1 is 1.21 bits per heavy atom. The summed E-state index contributed by atoms with van der Waals surface area (Å²) in [7, 11) is 0. The van der Waals surface area contributed by atoms with Gasteiger partial charge < -0.3 is 5.73 Å². The third kappa shape index (κ3) is 3.20. The van der Waals surface area contributed by atoms with E-state index in [0.29, 0.717) is 5.41 Å². The summed E-state index contributed by atoms with van der Waals surface area (Å²) in [5.74, 6) is 0.735. The number of nitrogens with two attached hydrogens (primary N) is 1. The fourth-order valence-electron chi connectivity index (χ4n) is 3.89. The molecular formula is C18H29N. The van der Waals surface area contributed by atoms with Gasteiger partial charge in [0, 0.05) is 6.04 Å². The minimum atomic E-state index is 0.212. The van der Waals surface area contributed by atoms with Crippen molar-refractivity contribution in [2.75, 3.05) is 0 Å². The molecule has 0 spiro atoms. The summed E-state index contributed by atoms with van der Waals surface area (Å²) >= 11 is 0. The summed E-state index contributed by atoms with van der Waals surface area (Å²) in [5.41, 5.74) is 9.81. The molecule has 0 radical (unpaired) electrons. The minimum Gasteiger partial charge on any atom is -0.323 e. The lowest BCUT2D eigenvalue weighted by Gasteiger charge is -2.37. The van der Waals surface area contributed by atoms with Gasteiger partial charge in [0.1, 0.15) is 0 Å². The van der Waals surface area contributed by atoms with E-state index in [1.54, 1.807) is 0 Å².